The van der Waals surface area contributed by atoms with Gasteiger partial charge >= 0.3 is 5.97 Å². The largest absolute Gasteiger partial charge is 0.486 e. The molecule has 4 nitrogen and oxygen atoms in total. The quantitative estimate of drug-likeness (QED) is 0.906. The predicted octanol–water partition coefficient (Wildman–Crippen LogP) is 2.73. The molecule has 4 heteroatoms. The first-order chi connectivity index (χ1) is 9.15. The van der Waals surface area contributed by atoms with E-state index < -0.39 is 5.97 Å². The van der Waals surface area contributed by atoms with E-state index in [1.54, 1.807) is 0 Å². The highest BCUT2D eigenvalue weighted by molar-refractivity contribution is 5.68. The van der Waals surface area contributed by atoms with Gasteiger partial charge in [0.25, 0.3) is 0 Å². The van der Waals surface area contributed by atoms with Gasteiger partial charge in [-0.2, -0.15) is 0 Å². The van der Waals surface area contributed by atoms with Crippen molar-refractivity contribution in [3.63, 3.8) is 0 Å². The summed E-state index contributed by atoms with van der Waals surface area (Å²) in [5.74, 6) is 1.45. The van der Waals surface area contributed by atoms with Crippen LogP contribution in [0.5, 0.6) is 11.5 Å². The van der Waals surface area contributed by atoms with Crippen LogP contribution in [-0.4, -0.2) is 24.3 Å². The third kappa shape index (κ3) is 2.53. The predicted molar refractivity (Wildman–Crippen MR) is 69.9 cm³/mol. The summed E-state index contributed by atoms with van der Waals surface area (Å²) in [4.78, 5) is 11.0. The Morgan fingerprint density at radius 1 is 1.37 bits per heavy atom. The Morgan fingerprint density at radius 3 is 2.79 bits per heavy atom. The molecule has 102 valence electrons. The van der Waals surface area contributed by atoms with Crippen molar-refractivity contribution in [3.05, 3.63) is 23.3 Å². The summed E-state index contributed by atoms with van der Waals surface area (Å²) in [6, 6.07) is 4.02. The summed E-state index contributed by atoms with van der Waals surface area (Å²) in [6.07, 6.45) is 2.46. The van der Waals surface area contributed by atoms with Gasteiger partial charge in [-0.1, -0.05) is 6.07 Å². The number of carbonyl (C=O) groups is 1. The molecule has 2 aliphatic rings. The maximum Gasteiger partial charge on any atom is 0.303 e. The molecule has 3 rings (SSSR count). The van der Waals surface area contributed by atoms with E-state index in [1.807, 2.05) is 13.0 Å². The number of carboxylic acids is 1. The van der Waals surface area contributed by atoms with Crippen LogP contribution in [-0.2, 0) is 4.79 Å². The Hall–Kier alpha value is -1.71. The second kappa shape index (κ2) is 4.76. The number of carboxylic acid groups (broad SMARTS) is 1. The van der Waals surface area contributed by atoms with E-state index in [0.29, 0.717) is 19.1 Å². The molecule has 1 unspecified atom stereocenters. The fourth-order valence-electron chi connectivity index (χ4n) is 2.81. The van der Waals surface area contributed by atoms with Crippen molar-refractivity contribution in [2.24, 2.45) is 5.92 Å². The highest BCUT2D eigenvalue weighted by Crippen LogP contribution is 2.47. The lowest BCUT2D eigenvalue weighted by Crippen LogP contribution is -2.17. The third-order valence-corrected chi connectivity index (χ3v) is 3.86. The molecule has 1 aliphatic carbocycles. The second-order valence-corrected chi connectivity index (χ2v) is 5.40. The molecule has 0 radical (unpaired) electrons. The molecule has 1 aromatic rings. The monoisotopic (exact) mass is 262 g/mol. The summed E-state index contributed by atoms with van der Waals surface area (Å²) >= 11 is 0. The molecule has 0 spiro atoms. The molecule has 1 aromatic carbocycles. The second-order valence-electron chi connectivity index (χ2n) is 5.40. The van der Waals surface area contributed by atoms with Gasteiger partial charge in [0.1, 0.15) is 13.2 Å². The van der Waals surface area contributed by atoms with Crippen molar-refractivity contribution in [1.29, 1.82) is 0 Å². The lowest BCUT2D eigenvalue weighted by Gasteiger charge is -2.23. The van der Waals surface area contributed by atoms with Crippen molar-refractivity contribution in [3.8, 4) is 11.5 Å². The first kappa shape index (κ1) is 12.3. The first-order valence-electron chi connectivity index (χ1n) is 6.77. The van der Waals surface area contributed by atoms with Gasteiger partial charge in [-0.15, -0.1) is 0 Å². The molecule has 1 aliphatic heterocycles. The van der Waals surface area contributed by atoms with Crippen molar-refractivity contribution in [2.45, 2.75) is 32.1 Å². The summed E-state index contributed by atoms with van der Waals surface area (Å²) in [6.45, 7) is 3.12. The van der Waals surface area contributed by atoms with Crippen LogP contribution in [0, 0.1) is 12.8 Å². The van der Waals surface area contributed by atoms with Crippen LogP contribution in [0.25, 0.3) is 0 Å². The number of hydrogen-bond donors (Lipinski definition) is 1. The van der Waals surface area contributed by atoms with Gasteiger partial charge in [0.15, 0.2) is 11.5 Å². The molecule has 1 saturated carbocycles. The van der Waals surface area contributed by atoms with Crippen molar-refractivity contribution in [2.75, 3.05) is 13.2 Å². The lowest BCUT2D eigenvalue weighted by molar-refractivity contribution is -0.137. The topological polar surface area (TPSA) is 55.8 Å². The molecule has 0 saturated heterocycles. The number of rotatable bonds is 4. The van der Waals surface area contributed by atoms with Gasteiger partial charge in [0.2, 0.25) is 0 Å². The van der Waals surface area contributed by atoms with Crippen molar-refractivity contribution >= 4 is 5.97 Å². The SMILES string of the molecule is Cc1cc(C(CC(=O)O)C2CC2)cc2c1OCCO2. The molecule has 1 atom stereocenters. The maximum absolute atomic E-state index is 11.0. The van der Waals surface area contributed by atoms with Gasteiger partial charge < -0.3 is 14.6 Å². The summed E-state index contributed by atoms with van der Waals surface area (Å²) < 4.78 is 11.2. The average Bonchev–Trinajstić information content (AvgIpc) is 3.20. The molecule has 1 N–H and O–H groups in total. The first-order valence-corrected chi connectivity index (χ1v) is 6.77. The number of aryl methyl sites for hydroxylation is 1. The van der Waals surface area contributed by atoms with Gasteiger partial charge in [-0.3, -0.25) is 4.79 Å². The van der Waals surface area contributed by atoms with E-state index in [9.17, 15) is 4.79 Å². The molecule has 1 heterocycles. The molecule has 0 bridgehead atoms. The Bertz CT molecular complexity index is 505. The highest BCUT2D eigenvalue weighted by Gasteiger charge is 2.34. The van der Waals surface area contributed by atoms with Crippen molar-refractivity contribution in [1.82, 2.24) is 0 Å². The maximum atomic E-state index is 11.0. The third-order valence-electron chi connectivity index (χ3n) is 3.86. The van der Waals surface area contributed by atoms with E-state index >= 15 is 0 Å². The standard InChI is InChI=1S/C15H18O4/c1-9-6-11(7-13-15(9)19-5-4-18-13)12(8-14(16)17)10-2-3-10/h6-7,10,12H,2-5,8H2,1H3,(H,16,17). The van der Waals surface area contributed by atoms with Crippen LogP contribution in [0.4, 0.5) is 0 Å². The zero-order valence-corrected chi connectivity index (χ0v) is 11.0. The van der Waals surface area contributed by atoms with Gasteiger partial charge in [0, 0.05) is 0 Å². The Kier molecular flexibility index (Phi) is 3.09. The Balaban J connectivity index is 1.94. The molecule has 1 fully saturated rings. The average molecular weight is 262 g/mol. The van der Waals surface area contributed by atoms with Crippen LogP contribution in [0.2, 0.25) is 0 Å². The number of aliphatic carboxylic acids is 1. The smallest absolute Gasteiger partial charge is 0.303 e. The Labute approximate surface area is 112 Å². The minimum absolute atomic E-state index is 0.104. The highest BCUT2D eigenvalue weighted by atomic mass is 16.6. The zero-order chi connectivity index (χ0) is 13.4. The van der Waals surface area contributed by atoms with Gasteiger partial charge in [-0.25, -0.2) is 0 Å². The van der Waals surface area contributed by atoms with Crippen LogP contribution >= 0.6 is 0 Å². The van der Waals surface area contributed by atoms with E-state index in [1.165, 1.54) is 0 Å². The van der Waals surface area contributed by atoms with Gasteiger partial charge in [-0.05, 0) is 48.8 Å². The van der Waals surface area contributed by atoms with Crippen molar-refractivity contribution < 1.29 is 19.4 Å². The minimum atomic E-state index is -0.732. The number of hydrogen-bond acceptors (Lipinski definition) is 3. The molecular weight excluding hydrogens is 244 g/mol. The zero-order valence-electron chi connectivity index (χ0n) is 11.0. The number of ether oxygens (including phenoxy) is 2. The minimum Gasteiger partial charge on any atom is -0.486 e. The van der Waals surface area contributed by atoms with E-state index in [-0.39, 0.29) is 12.3 Å². The van der Waals surface area contributed by atoms with Crippen LogP contribution < -0.4 is 9.47 Å². The van der Waals surface area contributed by atoms with Crippen LogP contribution in [0.15, 0.2) is 12.1 Å². The van der Waals surface area contributed by atoms with E-state index in [0.717, 1.165) is 35.5 Å². The fourth-order valence-corrected chi connectivity index (χ4v) is 2.81. The molecule has 0 aromatic heterocycles. The number of fused-ring (bicyclic) bond motifs is 1. The molecular formula is C15H18O4. The van der Waals surface area contributed by atoms with E-state index in [4.69, 9.17) is 14.6 Å². The normalized spacial score (nSPS) is 19.0. The van der Waals surface area contributed by atoms with Crippen LogP contribution in [0.3, 0.4) is 0 Å². The lowest BCUT2D eigenvalue weighted by atomic mass is 9.89. The molecule has 19 heavy (non-hydrogen) atoms. The van der Waals surface area contributed by atoms with E-state index in [2.05, 4.69) is 6.07 Å². The Morgan fingerprint density at radius 2 is 2.11 bits per heavy atom. The summed E-state index contributed by atoms with van der Waals surface area (Å²) in [7, 11) is 0. The fraction of sp³-hybridized carbons (Fsp3) is 0.533. The van der Waals surface area contributed by atoms with Gasteiger partial charge in [0.05, 0.1) is 6.42 Å². The molecule has 0 amide bonds. The van der Waals surface area contributed by atoms with Crippen LogP contribution in [0.1, 0.15) is 36.3 Å². The summed E-state index contributed by atoms with van der Waals surface area (Å²) in [5.41, 5.74) is 2.11. The number of benzene rings is 1. The summed E-state index contributed by atoms with van der Waals surface area (Å²) in [5, 5.41) is 9.07.